The summed E-state index contributed by atoms with van der Waals surface area (Å²) in [7, 11) is 1.96. The van der Waals surface area contributed by atoms with E-state index in [1.54, 1.807) is 4.57 Å². The molecular formula is C27H33N3O2S. The van der Waals surface area contributed by atoms with Crippen LogP contribution in [-0.2, 0) is 11.3 Å². The van der Waals surface area contributed by atoms with Crippen molar-refractivity contribution in [2.24, 2.45) is 0 Å². The van der Waals surface area contributed by atoms with Gasteiger partial charge < -0.3 is 9.88 Å². The van der Waals surface area contributed by atoms with Gasteiger partial charge in [0.15, 0.2) is 4.77 Å². The van der Waals surface area contributed by atoms with Crippen LogP contribution >= 0.6 is 12.2 Å². The minimum atomic E-state index is -0.0451. The number of nitrogens with one attached hydrogen (secondary N) is 1. The van der Waals surface area contributed by atoms with Crippen LogP contribution in [0.5, 0.6) is 0 Å². The largest absolute Gasteiger partial charge is 0.343 e. The molecule has 1 aromatic heterocycles. The van der Waals surface area contributed by atoms with Crippen LogP contribution in [0.25, 0.3) is 10.9 Å². The number of aromatic nitrogens is 2. The van der Waals surface area contributed by atoms with E-state index in [1.165, 1.54) is 5.56 Å². The highest BCUT2D eigenvalue weighted by Gasteiger charge is 2.26. The summed E-state index contributed by atoms with van der Waals surface area (Å²) in [5.41, 5.74) is 2.15. The predicted molar refractivity (Wildman–Crippen MR) is 136 cm³/mol. The van der Waals surface area contributed by atoms with Gasteiger partial charge in [-0.05, 0) is 74.4 Å². The summed E-state index contributed by atoms with van der Waals surface area (Å²) < 4.78 is 2.09. The lowest BCUT2D eigenvalue weighted by atomic mass is 9.81. The molecule has 33 heavy (non-hydrogen) atoms. The molecule has 1 fully saturated rings. The van der Waals surface area contributed by atoms with Crippen molar-refractivity contribution in [3.05, 3.63) is 75.3 Å². The van der Waals surface area contributed by atoms with E-state index in [4.69, 9.17) is 12.2 Å². The number of amides is 1. The van der Waals surface area contributed by atoms with E-state index in [9.17, 15) is 9.59 Å². The predicted octanol–water partition coefficient (Wildman–Crippen LogP) is 5.80. The number of carbonyl (C=O) groups excluding carboxylic acids is 1. The number of carbonyl (C=O) groups is 1. The van der Waals surface area contributed by atoms with Crippen molar-refractivity contribution < 1.29 is 4.79 Å². The van der Waals surface area contributed by atoms with Crippen molar-refractivity contribution in [2.75, 3.05) is 7.05 Å². The van der Waals surface area contributed by atoms with Crippen molar-refractivity contribution in [3.63, 3.8) is 0 Å². The second-order valence-electron chi connectivity index (χ2n) is 9.16. The van der Waals surface area contributed by atoms with Gasteiger partial charge in [0.05, 0.1) is 10.9 Å². The molecule has 1 heterocycles. The van der Waals surface area contributed by atoms with Crippen LogP contribution in [0.4, 0.5) is 0 Å². The van der Waals surface area contributed by atoms with Crippen LogP contribution in [0.2, 0.25) is 0 Å². The Hall–Kier alpha value is -2.73. The first-order valence-electron chi connectivity index (χ1n) is 12.1. The fourth-order valence-electron chi connectivity index (χ4n) is 5.03. The number of nitrogens with zero attached hydrogens (tertiary/aromatic N) is 2. The van der Waals surface area contributed by atoms with Gasteiger partial charge in [0.1, 0.15) is 0 Å². The van der Waals surface area contributed by atoms with Gasteiger partial charge in [0.25, 0.3) is 5.56 Å². The van der Waals surface area contributed by atoms with Crippen LogP contribution in [0.3, 0.4) is 0 Å². The van der Waals surface area contributed by atoms with Gasteiger partial charge in [-0.2, -0.15) is 0 Å². The maximum Gasteiger partial charge on any atom is 0.262 e. The Morgan fingerprint density at radius 3 is 2.45 bits per heavy atom. The van der Waals surface area contributed by atoms with Crippen molar-refractivity contribution in [3.8, 4) is 0 Å². The molecule has 0 radical (unpaired) electrons. The lowest BCUT2D eigenvalue weighted by Crippen LogP contribution is -2.39. The maximum atomic E-state index is 12.7. The number of rotatable bonds is 8. The highest BCUT2D eigenvalue weighted by atomic mass is 32.1. The van der Waals surface area contributed by atoms with Crippen LogP contribution in [0.15, 0.2) is 59.4 Å². The quantitative estimate of drug-likeness (QED) is 0.339. The summed E-state index contributed by atoms with van der Waals surface area (Å²) in [6, 6.07) is 18.5. The number of H-pyrrole nitrogens is 1. The Kier molecular flexibility index (Phi) is 7.76. The van der Waals surface area contributed by atoms with E-state index >= 15 is 0 Å². The third-order valence-electron chi connectivity index (χ3n) is 7.07. The van der Waals surface area contributed by atoms with Crippen LogP contribution in [-0.4, -0.2) is 33.4 Å². The molecule has 1 saturated carbocycles. The lowest BCUT2D eigenvalue weighted by Gasteiger charge is -2.35. The van der Waals surface area contributed by atoms with Crippen LogP contribution in [0.1, 0.15) is 62.8 Å². The highest BCUT2D eigenvalue weighted by molar-refractivity contribution is 7.71. The zero-order chi connectivity index (χ0) is 23.2. The lowest BCUT2D eigenvalue weighted by molar-refractivity contribution is -0.132. The fraction of sp³-hybridized carbons (Fsp3) is 0.444. The Bertz CT molecular complexity index is 1190. The molecule has 1 aliphatic rings. The van der Waals surface area contributed by atoms with E-state index in [0.717, 1.165) is 50.5 Å². The summed E-state index contributed by atoms with van der Waals surface area (Å²) in [6.07, 6.45) is 7.56. The SMILES string of the molecule is CN(C(=O)CCCCCn1c(=S)[nH]c2ccccc2c1=O)C1CCC(c2ccccc2)CC1. The topological polar surface area (TPSA) is 58.1 Å². The molecule has 4 rings (SSSR count). The normalized spacial score (nSPS) is 18.3. The smallest absolute Gasteiger partial charge is 0.262 e. The summed E-state index contributed by atoms with van der Waals surface area (Å²) >= 11 is 5.38. The van der Waals surface area contributed by atoms with Crippen molar-refractivity contribution in [1.29, 1.82) is 0 Å². The van der Waals surface area contributed by atoms with Gasteiger partial charge in [-0.25, -0.2) is 0 Å². The van der Waals surface area contributed by atoms with Gasteiger partial charge in [-0.3, -0.25) is 14.2 Å². The molecule has 6 heteroatoms. The van der Waals surface area contributed by atoms with Gasteiger partial charge >= 0.3 is 0 Å². The zero-order valence-corrected chi connectivity index (χ0v) is 20.2. The first-order valence-corrected chi connectivity index (χ1v) is 12.5. The number of benzene rings is 2. The van der Waals surface area contributed by atoms with Crippen molar-refractivity contribution in [2.45, 2.75) is 69.9 Å². The molecule has 0 unspecified atom stereocenters. The van der Waals surface area contributed by atoms with Gasteiger partial charge in [-0.15, -0.1) is 0 Å². The monoisotopic (exact) mass is 463 g/mol. The molecule has 2 aromatic carbocycles. The van der Waals surface area contributed by atoms with E-state index in [2.05, 4.69) is 35.3 Å². The molecule has 0 saturated heterocycles. The third kappa shape index (κ3) is 5.61. The Morgan fingerprint density at radius 2 is 1.70 bits per heavy atom. The number of fused-ring (bicyclic) bond motifs is 1. The molecule has 3 aromatic rings. The second kappa shape index (κ2) is 10.9. The third-order valence-corrected chi connectivity index (χ3v) is 7.39. The number of para-hydroxylation sites is 1. The second-order valence-corrected chi connectivity index (χ2v) is 9.55. The van der Waals surface area contributed by atoms with E-state index < -0.39 is 0 Å². The fourth-order valence-corrected chi connectivity index (χ4v) is 5.31. The summed E-state index contributed by atoms with van der Waals surface area (Å²) in [6.45, 7) is 0.576. The van der Waals surface area contributed by atoms with E-state index in [1.807, 2.05) is 36.2 Å². The molecule has 0 atom stereocenters. The first kappa shape index (κ1) is 23.4. The minimum Gasteiger partial charge on any atom is -0.343 e. The van der Waals surface area contributed by atoms with Crippen molar-refractivity contribution >= 4 is 29.0 Å². The molecule has 0 aliphatic heterocycles. The maximum absolute atomic E-state index is 12.7. The molecular weight excluding hydrogens is 430 g/mol. The van der Waals surface area contributed by atoms with Crippen molar-refractivity contribution in [1.82, 2.24) is 14.5 Å². The average Bonchev–Trinajstić information content (AvgIpc) is 2.85. The first-order chi connectivity index (χ1) is 16.0. The highest BCUT2D eigenvalue weighted by Crippen LogP contribution is 2.34. The summed E-state index contributed by atoms with van der Waals surface area (Å²) in [4.78, 5) is 30.6. The number of unbranched alkanes of at least 4 members (excludes halogenated alkanes) is 2. The Morgan fingerprint density at radius 1 is 1.00 bits per heavy atom. The van der Waals surface area contributed by atoms with Gasteiger partial charge in [-0.1, -0.05) is 48.9 Å². The van der Waals surface area contributed by atoms with Gasteiger partial charge in [0, 0.05) is 26.1 Å². The molecule has 0 spiro atoms. The molecule has 1 aliphatic carbocycles. The van der Waals surface area contributed by atoms with Crippen LogP contribution in [0, 0.1) is 4.77 Å². The summed E-state index contributed by atoms with van der Waals surface area (Å²) in [5, 5.41) is 0.657. The number of hydrogen-bond acceptors (Lipinski definition) is 3. The molecule has 0 bridgehead atoms. The Labute approximate surface area is 200 Å². The number of hydrogen-bond donors (Lipinski definition) is 1. The summed E-state index contributed by atoms with van der Waals surface area (Å²) in [5.74, 6) is 0.856. The van der Waals surface area contributed by atoms with E-state index in [0.29, 0.717) is 35.1 Å². The zero-order valence-electron chi connectivity index (χ0n) is 19.3. The molecule has 5 nitrogen and oxygen atoms in total. The van der Waals surface area contributed by atoms with Crippen LogP contribution < -0.4 is 5.56 Å². The minimum absolute atomic E-state index is 0.0451. The van der Waals surface area contributed by atoms with E-state index in [-0.39, 0.29) is 11.5 Å². The molecule has 1 amide bonds. The average molecular weight is 464 g/mol. The Balaban J connectivity index is 1.21. The number of aromatic amines is 1. The van der Waals surface area contributed by atoms with Gasteiger partial charge in [0.2, 0.25) is 5.91 Å². The molecule has 1 N–H and O–H groups in total. The molecule has 174 valence electrons. The standard InChI is InChI=1S/C27H33N3O2S/c1-29(22-17-15-21(16-18-22)20-10-4-2-5-11-20)25(31)14-6-3-9-19-30-26(32)23-12-7-8-13-24(23)28-27(30)33/h2,4-5,7-8,10-13,21-22H,3,6,9,14-19H2,1H3,(H,28,33).